The van der Waals surface area contributed by atoms with E-state index in [-0.39, 0.29) is 23.5 Å². The first-order valence-electron chi connectivity index (χ1n) is 8.17. The fraction of sp³-hybridized carbons (Fsp3) is 0.706. The van der Waals surface area contributed by atoms with Crippen molar-refractivity contribution in [2.75, 3.05) is 13.7 Å². The van der Waals surface area contributed by atoms with Crippen molar-refractivity contribution in [2.24, 2.45) is 5.92 Å². The molecular weight excluding hydrogens is 310 g/mol. The first kappa shape index (κ1) is 18.3. The Bertz CT molecular complexity index is 616. The Morgan fingerprint density at radius 2 is 2.04 bits per heavy atom. The fourth-order valence-electron chi connectivity index (χ4n) is 3.06. The number of nitrogens with one attached hydrogen (secondary N) is 2. The van der Waals surface area contributed by atoms with Gasteiger partial charge in [-0.05, 0) is 6.42 Å². The molecule has 1 aromatic rings. The van der Waals surface area contributed by atoms with Crippen LogP contribution in [0.15, 0.2) is 10.6 Å². The molecule has 2 heterocycles. The summed E-state index contributed by atoms with van der Waals surface area (Å²) in [7, 11) is 1.36. The lowest BCUT2D eigenvalue weighted by Gasteiger charge is -2.38. The molecule has 24 heavy (non-hydrogen) atoms. The SMILES string of the molecule is COC(=O)C(C1CCNC(=O)N1)C(C)(C)c1cc(C(C)(C)C)on1. The summed E-state index contributed by atoms with van der Waals surface area (Å²) >= 11 is 0. The second kappa shape index (κ2) is 6.45. The van der Waals surface area contributed by atoms with Crippen LogP contribution in [0.4, 0.5) is 4.79 Å². The average Bonchev–Trinajstić information content (AvgIpc) is 2.97. The molecule has 7 heteroatoms. The van der Waals surface area contributed by atoms with Crippen LogP contribution in [-0.2, 0) is 20.4 Å². The maximum atomic E-state index is 12.5. The number of carbonyl (C=O) groups is 2. The summed E-state index contributed by atoms with van der Waals surface area (Å²) in [6, 6.07) is 1.29. The third-order valence-electron chi connectivity index (χ3n) is 4.60. The minimum atomic E-state index is -0.657. The lowest BCUT2D eigenvalue weighted by molar-refractivity contribution is -0.149. The summed E-state index contributed by atoms with van der Waals surface area (Å²) in [5, 5.41) is 9.73. The van der Waals surface area contributed by atoms with Crippen LogP contribution in [0.1, 0.15) is 52.5 Å². The van der Waals surface area contributed by atoms with E-state index in [9.17, 15) is 9.59 Å². The van der Waals surface area contributed by atoms with Gasteiger partial charge < -0.3 is 19.9 Å². The average molecular weight is 337 g/mol. The highest BCUT2D eigenvalue weighted by Gasteiger charge is 2.46. The van der Waals surface area contributed by atoms with E-state index in [2.05, 4.69) is 15.8 Å². The Labute approximate surface area is 142 Å². The van der Waals surface area contributed by atoms with Gasteiger partial charge in [0.1, 0.15) is 5.76 Å². The van der Waals surface area contributed by atoms with Crippen molar-refractivity contribution in [3.05, 3.63) is 17.5 Å². The second-order valence-electron chi connectivity index (χ2n) is 7.84. The normalized spacial score (nSPS) is 20.1. The van der Waals surface area contributed by atoms with E-state index in [0.29, 0.717) is 18.7 Å². The zero-order valence-corrected chi connectivity index (χ0v) is 15.2. The zero-order chi connectivity index (χ0) is 18.1. The molecule has 2 N–H and O–H groups in total. The predicted octanol–water partition coefficient (Wildman–Crippen LogP) is 2.11. The smallest absolute Gasteiger partial charge is 0.315 e. The minimum Gasteiger partial charge on any atom is -0.469 e. The molecule has 0 bridgehead atoms. The van der Waals surface area contributed by atoms with Gasteiger partial charge in [0.25, 0.3) is 0 Å². The van der Waals surface area contributed by atoms with E-state index in [1.54, 1.807) is 0 Å². The fourth-order valence-corrected chi connectivity index (χ4v) is 3.06. The van der Waals surface area contributed by atoms with Crippen molar-refractivity contribution in [3.63, 3.8) is 0 Å². The van der Waals surface area contributed by atoms with Gasteiger partial charge in [0.15, 0.2) is 0 Å². The number of nitrogens with zero attached hydrogens (tertiary/aromatic N) is 1. The summed E-state index contributed by atoms with van der Waals surface area (Å²) in [6.07, 6.45) is 0.638. The maximum Gasteiger partial charge on any atom is 0.315 e. The molecule has 0 aliphatic carbocycles. The summed E-state index contributed by atoms with van der Waals surface area (Å²) < 4.78 is 10.5. The Hall–Kier alpha value is -2.05. The van der Waals surface area contributed by atoms with Gasteiger partial charge in [-0.1, -0.05) is 39.8 Å². The van der Waals surface area contributed by atoms with Gasteiger partial charge in [-0.3, -0.25) is 4.79 Å². The molecule has 134 valence electrons. The van der Waals surface area contributed by atoms with Crippen LogP contribution in [0.2, 0.25) is 0 Å². The van der Waals surface area contributed by atoms with Crippen LogP contribution in [-0.4, -0.2) is 36.9 Å². The third-order valence-corrected chi connectivity index (χ3v) is 4.60. The highest BCUT2D eigenvalue weighted by Crippen LogP contribution is 2.37. The molecule has 2 amide bonds. The van der Waals surface area contributed by atoms with Crippen molar-refractivity contribution in [3.8, 4) is 0 Å². The molecule has 0 saturated carbocycles. The highest BCUT2D eigenvalue weighted by molar-refractivity contribution is 5.79. The molecule has 0 aromatic carbocycles. The Kier molecular flexibility index (Phi) is 4.92. The van der Waals surface area contributed by atoms with Crippen LogP contribution in [0.3, 0.4) is 0 Å². The number of hydrogen-bond acceptors (Lipinski definition) is 5. The van der Waals surface area contributed by atoms with Crippen molar-refractivity contribution in [2.45, 2.75) is 57.9 Å². The largest absolute Gasteiger partial charge is 0.469 e. The molecule has 1 aliphatic heterocycles. The molecule has 1 saturated heterocycles. The van der Waals surface area contributed by atoms with Gasteiger partial charge in [-0.15, -0.1) is 0 Å². The van der Waals surface area contributed by atoms with E-state index < -0.39 is 11.3 Å². The van der Waals surface area contributed by atoms with Crippen molar-refractivity contribution >= 4 is 12.0 Å². The summed E-state index contributed by atoms with van der Waals surface area (Å²) in [5.74, 6) is -0.178. The monoisotopic (exact) mass is 337 g/mol. The van der Waals surface area contributed by atoms with Crippen molar-refractivity contribution in [1.29, 1.82) is 0 Å². The lowest BCUT2D eigenvalue weighted by Crippen LogP contribution is -2.57. The zero-order valence-electron chi connectivity index (χ0n) is 15.2. The topological polar surface area (TPSA) is 93.5 Å². The number of methoxy groups -OCH3 is 1. The van der Waals surface area contributed by atoms with Crippen molar-refractivity contribution < 1.29 is 18.8 Å². The lowest BCUT2D eigenvalue weighted by atomic mass is 9.71. The van der Waals surface area contributed by atoms with Gasteiger partial charge in [0.05, 0.1) is 18.7 Å². The molecule has 2 rings (SSSR count). The predicted molar refractivity (Wildman–Crippen MR) is 88.7 cm³/mol. The van der Waals surface area contributed by atoms with Crippen molar-refractivity contribution in [1.82, 2.24) is 15.8 Å². The van der Waals surface area contributed by atoms with Crippen LogP contribution in [0, 0.1) is 5.92 Å². The Balaban J connectivity index is 2.38. The van der Waals surface area contributed by atoms with E-state index in [4.69, 9.17) is 9.26 Å². The first-order valence-corrected chi connectivity index (χ1v) is 8.17. The van der Waals surface area contributed by atoms with E-state index in [1.807, 2.05) is 40.7 Å². The first-order chi connectivity index (χ1) is 11.1. The number of aromatic nitrogens is 1. The summed E-state index contributed by atoms with van der Waals surface area (Å²) in [4.78, 5) is 24.2. The van der Waals surface area contributed by atoms with Gasteiger partial charge in [-0.25, -0.2) is 4.79 Å². The quantitative estimate of drug-likeness (QED) is 0.821. The number of urea groups is 1. The molecule has 2 unspecified atom stereocenters. The van der Waals surface area contributed by atoms with E-state index in [1.165, 1.54) is 7.11 Å². The molecule has 7 nitrogen and oxygen atoms in total. The van der Waals surface area contributed by atoms with Gasteiger partial charge in [0.2, 0.25) is 0 Å². The highest BCUT2D eigenvalue weighted by atomic mass is 16.5. The van der Waals surface area contributed by atoms with Crippen LogP contribution in [0.5, 0.6) is 0 Å². The van der Waals surface area contributed by atoms with Gasteiger partial charge in [-0.2, -0.15) is 0 Å². The Morgan fingerprint density at radius 1 is 1.38 bits per heavy atom. The third kappa shape index (κ3) is 3.55. The second-order valence-corrected chi connectivity index (χ2v) is 7.84. The number of carbonyl (C=O) groups excluding carboxylic acids is 2. The maximum absolute atomic E-state index is 12.5. The number of amides is 2. The van der Waals surface area contributed by atoms with Crippen LogP contribution < -0.4 is 10.6 Å². The number of esters is 1. The summed E-state index contributed by atoms with van der Waals surface area (Å²) in [5.41, 5.74) is -0.156. The van der Waals surface area contributed by atoms with Gasteiger partial charge >= 0.3 is 12.0 Å². The Morgan fingerprint density at radius 3 is 2.54 bits per heavy atom. The molecule has 0 spiro atoms. The summed E-state index contributed by atoms with van der Waals surface area (Å²) in [6.45, 7) is 10.5. The van der Waals surface area contributed by atoms with Crippen LogP contribution >= 0.6 is 0 Å². The molecule has 2 atom stereocenters. The number of ether oxygens (including phenoxy) is 1. The minimum absolute atomic E-state index is 0.176. The van der Waals surface area contributed by atoms with Gasteiger partial charge in [0, 0.05) is 29.5 Å². The molecule has 1 aliphatic rings. The number of rotatable bonds is 4. The molecule has 0 radical (unpaired) electrons. The van der Waals surface area contributed by atoms with E-state index >= 15 is 0 Å². The molecular formula is C17H27N3O4. The van der Waals surface area contributed by atoms with E-state index in [0.717, 1.165) is 5.76 Å². The molecule has 1 aromatic heterocycles. The standard InChI is InChI=1S/C17H27N3O4/c1-16(2,3)12-9-11(20-24-12)17(4,5)13(14(21)23-6)10-7-8-18-15(22)19-10/h9-10,13H,7-8H2,1-6H3,(H2,18,19,22). The molecule has 1 fully saturated rings. The van der Waals surface area contributed by atoms with Crippen LogP contribution in [0.25, 0.3) is 0 Å². The number of hydrogen-bond donors (Lipinski definition) is 2.